The molecule has 1 saturated heterocycles. The van der Waals surface area contributed by atoms with Crippen LogP contribution in [0.5, 0.6) is 0 Å². The van der Waals surface area contributed by atoms with Crippen molar-refractivity contribution >= 4 is 29.2 Å². The van der Waals surface area contributed by atoms with Gasteiger partial charge in [0.15, 0.2) is 0 Å². The van der Waals surface area contributed by atoms with E-state index in [2.05, 4.69) is 29.2 Å². The van der Waals surface area contributed by atoms with Gasteiger partial charge in [-0.25, -0.2) is 4.98 Å². The fraction of sp³-hybridized carbons (Fsp3) is 0.565. The molecular weight excluding hydrogens is 414 g/mol. The lowest BCUT2D eigenvalue weighted by atomic mass is 9.89. The molecule has 2 aromatic rings. The zero-order valence-corrected chi connectivity index (χ0v) is 18.9. The van der Waals surface area contributed by atoms with Crippen molar-refractivity contribution in [1.82, 2.24) is 19.7 Å². The van der Waals surface area contributed by atoms with Crippen molar-refractivity contribution in [3.63, 3.8) is 0 Å². The molecule has 2 aliphatic heterocycles. The van der Waals surface area contributed by atoms with Crippen LogP contribution in [0.3, 0.4) is 0 Å². The third kappa shape index (κ3) is 3.73. The van der Waals surface area contributed by atoms with Crippen molar-refractivity contribution in [2.24, 2.45) is 23.2 Å². The van der Waals surface area contributed by atoms with E-state index in [1.54, 1.807) is 13.1 Å². The highest BCUT2D eigenvalue weighted by atomic mass is 35.5. The van der Waals surface area contributed by atoms with Gasteiger partial charge in [-0.15, -0.1) is 0 Å². The van der Waals surface area contributed by atoms with E-state index in [9.17, 15) is 9.59 Å². The Bertz CT molecular complexity index is 1050. The van der Waals surface area contributed by atoms with Crippen molar-refractivity contribution in [1.29, 1.82) is 0 Å². The van der Waals surface area contributed by atoms with E-state index < -0.39 is 0 Å². The highest BCUT2D eigenvalue weighted by Crippen LogP contribution is 2.42. The lowest BCUT2D eigenvalue weighted by Gasteiger charge is -2.17. The monoisotopic (exact) mass is 441 g/mol. The number of aromatic nitrogens is 3. The van der Waals surface area contributed by atoms with E-state index in [1.807, 2.05) is 21.8 Å². The van der Waals surface area contributed by atoms with Crippen molar-refractivity contribution in [3.8, 4) is 11.1 Å². The number of pyridine rings is 1. The molecule has 0 spiro atoms. The summed E-state index contributed by atoms with van der Waals surface area (Å²) in [5.74, 6) is 1.46. The summed E-state index contributed by atoms with van der Waals surface area (Å²) in [7, 11) is 0. The van der Waals surface area contributed by atoms with Gasteiger partial charge in [0, 0.05) is 55.5 Å². The first-order chi connectivity index (χ1) is 14.7. The van der Waals surface area contributed by atoms with Crippen molar-refractivity contribution in [2.45, 2.75) is 46.6 Å². The van der Waals surface area contributed by atoms with Crippen LogP contribution in [-0.4, -0.2) is 44.6 Å². The molecule has 0 radical (unpaired) electrons. The molecule has 164 valence electrons. The van der Waals surface area contributed by atoms with Crippen LogP contribution in [-0.2, 0) is 22.6 Å². The standard InChI is InChI=1S/C23H28ClN5O2/c1-13(30)28-10-15-4-14(5-16(15)11-28)22(31)27-21-6-17(19(24)9-25-21)18-8-26-29-12-23(2,3)7-20(18)29/h6,8-9,14-16H,4-5,7,10-12H2,1-3H3,(H,25,27,31)/t14?,15-,16+. The van der Waals surface area contributed by atoms with Gasteiger partial charge in [-0.1, -0.05) is 25.4 Å². The first-order valence-electron chi connectivity index (χ1n) is 11.0. The minimum absolute atomic E-state index is 0.00548. The number of anilines is 1. The number of halogens is 1. The number of rotatable bonds is 3. The molecule has 3 aliphatic rings. The molecule has 1 saturated carbocycles. The maximum Gasteiger partial charge on any atom is 0.228 e. The minimum atomic E-state index is -0.0359. The van der Waals surface area contributed by atoms with Crippen LogP contribution >= 0.6 is 11.6 Å². The Hall–Kier alpha value is -2.41. The zero-order valence-electron chi connectivity index (χ0n) is 18.2. The van der Waals surface area contributed by atoms with E-state index in [-0.39, 0.29) is 23.1 Å². The summed E-state index contributed by atoms with van der Waals surface area (Å²) in [6.45, 7) is 8.52. The molecule has 3 atom stereocenters. The maximum absolute atomic E-state index is 12.9. The Kier molecular flexibility index (Phi) is 4.84. The number of nitrogens with zero attached hydrogens (tertiary/aromatic N) is 4. The summed E-state index contributed by atoms with van der Waals surface area (Å²) in [5, 5.41) is 8.09. The van der Waals surface area contributed by atoms with Crippen LogP contribution in [0.1, 0.15) is 39.3 Å². The van der Waals surface area contributed by atoms with E-state index in [1.165, 1.54) is 5.69 Å². The van der Waals surface area contributed by atoms with Gasteiger partial charge in [0.2, 0.25) is 11.8 Å². The summed E-state index contributed by atoms with van der Waals surface area (Å²) < 4.78 is 2.05. The fourth-order valence-corrected chi connectivity index (χ4v) is 5.79. The topological polar surface area (TPSA) is 80.1 Å². The number of nitrogens with one attached hydrogen (secondary N) is 1. The van der Waals surface area contributed by atoms with E-state index >= 15 is 0 Å². The van der Waals surface area contributed by atoms with Crippen LogP contribution in [0, 0.1) is 23.2 Å². The van der Waals surface area contributed by atoms with Gasteiger partial charge in [0.25, 0.3) is 0 Å². The third-order valence-corrected chi connectivity index (χ3v) is 7.44. The molecule has 31 heavy (non-hydrogen) atoms. The van der Waals surface area contributed by atoms with Crippen LogP contribution in [0.4, 0.5) is 5.82 Å². The van der Waals surface area contributed by atoms with E-state index in [0.29, 0.717) is 22.7 Å². The van der Waals surface area contributed by atoms with Gasteiger partial charge < -0.3 is 10.2 Å². The summed E-state index contributed by atoms with van der Waals surface area (Å²) in [6, 6.07) is 1.86. The molecule has 5 rings (SSSR count). The van der Waals surface area contributed by atoms with Gasteiger partial charge in [-0.3, -0.25) is 14.3 Å². The van der Waals surface area contributed by atoms with Crippen LogP contribution < -0.4 is 5.32 Å². The average molecular weight is 442 g/mol. The number of fused-ring (bicyclic) bond motifs is 2. The molecule has 1 aliphatic carbocycles. The summed E-state index contributed by atoms with van der Waals surface area (Å²) >= 11 is 6.48. The number of hydrogen-bond acceptors (Lipinski definition) is 4. The highest BCUT2D eigenvalue weighted by molar-refractivity contribution is 6.33. The number of hydrogen-bond donors (Lipinski definition) is 1. The van der Waals surface area contributed by atoms with Gasteiger partial charge >= 0.3 is 0 Å². The molecule has 2 amide bonds. The second kappa shape index (κ2) is 7.33. The molecule has 2 aromatic heterocycles. The van der Waals surface area contributed by atoms with E-state index in [0.717, 1.165) is 50.0 Å². The summed E-state index contributed by atoms with van der Waals surface area (Å²) in [6.07, 6.45) is 6.05. The Balaban J connectivity index is 1.30. The predicted molar refractivity (Wildman–Crippen MR) is 119 cm³/mol. The Morgan fingerprint density at radius 3 is 2.55 bits per heavy atom. The average Bonchev–Trinajstić information content (AvgIpc) is 3.41. The Labute approximate surface area is 187 Å². The van der Waals surface area contributed by atoms with Crippen LogP contribution in [0.2, 0.25) is 5.02 Å². The molecule has 7 nitrogen and oxygen atoms in total. The quantitative estimate of drug-likeness (QED) is 0.788. The van der Waals surface area contributed by atoms with Gasteiger partial charge in [0.1, 0.15) is 5.82 Å². The second-order valence-corrected chi connectivity index (χ2v) is 10.6. The van der Waals surface area contributed by atoms with Crippen molar-refractivity contribution < 1.29 is 9.59 Å². The largest absolute Gasteiger partial charge is 0.342 e. The molecule has 4 heterocycles. The van der Waals surface area contributed by atoms with Gasteiger partial charge in [-0.05, 0) is 42.6 Å². The Morgan fingerprint density at radius 1 is 1.16 bits per heavy atom. The second-order valence-electron chi connectivity index (χ2n) is 10.2. The predicted octanol–water partition coefficient (Wildman–Crippen LogP) is 3.62. The fourth-order valence-electron chi connectivity index (χ4n) is 5.59. The Morgan fingerprint density at radius 2 is 1.87 bits per heavy atom. The highest BCUT2D eigenvalue weighted by Gasteiger charge is 2.44. The van der Waals surface area contributed by atoms with Crippen LogP contribution in [0.15, 0.2) is 18.5 Å². The zero-order chi connectivity index (χ0) is 21.9. The molecule has 1 N–H and O–H groups in total. The van der Waals surface area contributed by atoms with Crippen molar-refractivity contribution in [2.75, 3.05) is 18.4 Å². The maximum atomic E-state index is 12.9. The molecular formula is C23H28ClN5O2. The molecule has 8 heteroatoms. The summed E-state index contributed by atoms with van der Waals surface area (Å²) in [5.41, 5.74) is 3.21. The van der Waals surface area contributed by atoms with Crippen LogP contribution in [0.25, 0.3) is 11.1 Å². The number of likely N-dealkylation sites (tertiary alicyclic amines) is 1. The van der Waals surface area contributed by atoms with Crippen molar-refractivity contribution in [3.05, 3.63) is 29.2 Å². The number of amides is 2. The van der Waals surface area contributed by atoms with Gasteiger partial charge in [0.05, 0.1) is 11.2 Å². The first-order valence-corrected chi connectivity index (χ1v) is 11.3. The molecule has 0 aromatic carbocycles. The third-order valence-electron chi connectivity index (χ3n) is 7.14. The number of carbonyl (C=O) groups excluding carboxylic acids is 2. The smallest absolute Gasteiger partial charge is 0.228 e. The lowest BCUT2D eigenvalue weighted by Crippen LogP contribution is -2.29. The normalized spacial score (nSPS) is 26.1. The molecule has 2 fully saturated rings. The van der Waals surface area contributed by atoms with Gasteiger partial charge in [-0.2, -0.15) is 5.10 Å². The SMILES string of the molecule is CC(=O)N1C[C@H]2CC(C(=O)Nc3cc(-c4cnn5c4CC(C)(C)C5)c(Cl)cn3)C[C@H]2C1. The van der Waals surface area contributed by atoms with E-state index in [4.69, 9.17) is 11.6 Å². The lowest BCUT2D eigenvalue weighted by molar-refractivity contribution is -0.128. The number of carbonyl (C=O) groups is 2. The minimum Gasteiger partial charge on any atom is -0.342 e. The molecule has 0 bridgehead atoms. The molecule has 1 unspecified atom stereocenters. The first kappa shape index (κ1) is 20.5. The summed E-state index contributed by atoms with van der Waals surface area (Å²) in [4.78, 5) is 30.8.